The molecule has 0 radical (unpaired) electrons. The molecule has 0 aliphatic rings. The largest absolute Gasteiger partial charge is 0.478 e. The minimum atomic E-state index is -0.981. The highest BCUT2D eigenvalue weighted by Crippen LogP contribution is 2.18. The van der Waals surface area contributed by atoms with Crippen LogP contribution in [0.5, 0.6) is 0 Å². The minimum Gasteiger partial charge on any atom is -0.478 e. The molecule has 0 aliphatic carbocycles. The predicted octanol–water partition coefficient (Wildman–Crippen LogP) is 0.129. The van der Waals surface area contributed by atoms with Crippen molar-refractivity contribution in [2.45, 2.75) is 20.3 Å². The Hall–Kier alpha value is -2.53. The van der Waals surface area contributed by atoms with Crippen molar-refractivity contribution in [1.82, 2.24) is 0 Å². The summed E-state index contributed by atoms with van der Waals surface area (Å²) in [5.74, 6) is -2.94. The Balaban J connectivity index is -0.0000000787. The Bertz CT molecular complexity index is 340. The molecule has 160 valence electrons. The third-order valence-electron chi connectivity index (χ3n) is 2.28. The average Bonchev–Trinajstić information content (AvgIpc) is 2.66. The first-order valence-corrected chi connectivity index (χ1v) is 7.47. The zero-order valence-electron chi connectivity index (χ0n) is 15.7. The van der Waals surface area contributed by atoms with Crippen LogP contribution in [0.4, 0.5) is 0 Å². The van der Waals surface area contributed by atoms with Crippen molar-refractivity contribution in [1.29, 1.82) is 0 Å². The van der Waals surface area contributed by atoms with Gasteiger partial charge in [-0.1, -0.05) is 26.7 Å². The number of carboxylic acids is 3. The van der Waals surface area contributed by atoms with Gasteiger partial charge in [0, 0.05) is 30.2 Å². The Morgan fingerprint density at radius 2 is 0.852 bits per heavy atom. The van der Waals surface area contributed by atoms with Crippen LogP contribution in [0.3, 0.4) is 0 Å². The summed E-state index contributed by atoms with van der Waals surface area (Å²) in [5, 5.41) is 56.4. The Morgan fingerprint density at radius 3 is 0.852 bits per heavy atom. The van der Waals surface area contributed by atoms with Crippen LogP contribution in [-0.4, -0.2) is 80.1 Å². The van der Waals surface area contributed by atoms with E-state index >= 15 is 0 Å². The summed E-state index contributed by atoms with van der Waals surface area (Å²) < 4.78 is 0. The van der Waals surface area contributed by atoms with Crippen molar-refractivity contribution in [2.24, 2.45) is 5.41 Å². The summed E-state index contributed by atoms with van der Waals surface area (Å²) in [5.41, 5.74) is -0.667. The Morgan fingerprint density at radius 1 is 0.704 bits per heavy atom. The number of aliphatic carboxylic acids is 3. The molecule has 0 fully saturated rings. The van der Waals surface area contributed by atoms with Crippen molar-refractivity contribution in [3.63, 3.8) is 0 Å². The van der Waals surface area contributed by atoms with Gasteiger partial charge in [-0.15, -0.1) is 0 Å². The maximum Gasteiger partial charge on any atom is 0.327 e. The minimum absolute atomic E-state index is 0.156. The van der Waals surface area contributed by atoms with Gasteiger partial charge in [0.05, 0.1) is 19.8 Å². The van der Waals surface area contributed by atoms with Gasteiger partial charge < -0.3 is 35.7 Å². The van der Waals surface area contributed by atoms with Crippen LogP contribution in [0.15, 0.2) is 38.0 Å². The first-order valence-electron chi connectivity index (χ1n) is 7.47. The zero-order chi connectivity index (χ0) is 22.9. The molecule has 0 atom stereocenters. The summed E-state index contributed by atoms with van der Waals surface area (Å²) in [6.45, 7) is 12.2. The molecule has 7 N–H and O–H groups in total. The summed E-state index contributed by atoms with van der Waals surface area (Å²) in [7, 11) is 0. The first kappa shape index (κ1) is 35.6. The van der Waals surface area contributed by atoms with Gasteiger partial charge in [0.2, 0.25) is 0 Å². The molecule has 10 nitrogen and oxygen atoms in total. The summed E-state index contributed by atoms with van der Waals surface area (Å²) in [4.78, 5) is 27.8. The topological polar surface area (TPSA) is 193 Å². The molecule has 27 heavy (non-hydrogen) atoms. The van der Waals surface area contributed by atoms with E-state index in [0.29, 0.717) is 6.42 Å². The van der Waals surface area contributed by atoms with Crippen LogP contribution in [-0.2, 0) is 14.4 Å². The van der Waals surface area contributed by atoms with Crippen molar-refractivity contribution >= 4 is 17.9 Å². The second-order valence-electron chi connectivity index (χ2n) is 4.27. The van der Waals surface area contributed by atoms with Gasteiger partial charge in [-0.2, -0.15) is 0 Å². The normalized spacial score (nSPS) is 8.22. The lowest BCUT2D eigenvalue weighted by atomic mass is 9.88. The smallest absolute Gasteiger partial charge is 0.327 e. The van der Waals surface area contributed by atoms with E-state index in [1.165, 1.54) is 0 Å². The van der Waals surface area contributed by atoms with E-state index in [4.69, 9.17) is 35.7 Å². The molecular weight excluding hydrogens is 364 g/mol. The molecule has 0 heterocycles. The number of aliphatic hydroxyl groups is 4. The number of hydrogen-bond donors (Lipinski definition) is 7. The lowest BCUT2D eigenvalue weighted by Crippen LogP contribution is -2.32. The molecular formula is C17H32O10. The second-order valence-corrected chi connectivity index (χ2v) is 4.27. The second kappa shape index (κ2) is 28.3. The van der Waals surface area contributed by atoms with Crippen LogP contribution in [0.2, 0.25) is 0 Å². The number of aliphatic hydroxyl groups excluding tert-OH is 4. The summed E-state index contributed by atoms with van der Waals surface area (Å²) >= 11 is 0. The predicted molar refractivity (Wildman–Crippen MR) is 100 cm³/mol. The lowest BCUT2D eigenvalue weighted by molar-refractivity contribution is -0.132. The fourth-order valence-electron chi connectivity index (χ4n) is 0.485. The number of hydrogen-bond acceptors (Lipinski definition) is 7. The van der Waals surface area contributed by atoms with Crippen molar-refractivity contribution in [3.8, 4) is 0 Å². The van der Waals surface area contributed by atoms with Crippen molar-refractivity contribution in [2.75, 3.05) is 26.4 Å². The SMILES string of the molecule is C=CC(=O)O.C=CC(=O)O.C=CC(=O)O.CCC(CO)(CO)CO.CCO. The van der Waals surface area contributed by atoms with Crippen LogP contribution in [0, 0.1) is 5.41 Å². The molecule has 0 saturated heterocycles. The molecule has 0 saturated carbocycles. The van der Waals surface area contributed by atoms with E-state index < -0.39 is 23.3 Å². The number of carboxylic acid groups (broad SMARTS) is 3. The highest BCUT2D eigenvalue weighted by molar-refractivity contribution is 5.79. The van der Waals surface area contributed by atoms with E-state index in [-0.39, 0.29) is 26.4 Å². The number of carbonyl (C=O) groups is 3. The average molecular weight is 396 g/mol. The molecule has 0 bridgehead atoms. The van der Waals surface area contributed by atoms with E-state index in [0.717, 1.165) is 18.2 Å². The van der Waals surface area contributed by atoms with E-state index in [2.05, 4.69) is 19.7 Å². The Kier molecular flexibility index (Phi) is 37.2. The lowest BCUT2D eigenvalue weighted by Gasteiger charge is -2.24. The van der Waals surface area contributed by atoms with Crippen molar-refractivity contribution < 1.29 is 50.1 Å². The number of rotatable bonds is 7. The van der Waals surface area contributed by atoms with Crippen LogP contribution >= 0.6 is 0 Å². The molecule has 0 amide bonds. The standard InChI is InChI=1S/C6H14O3.3C3H4O2.C2H6O/c1-2-6(3-7,4-8)5-9;3*1-2-3(4)5;1-2-3/h7-9H,2-5H2,1H3;3*2H,1H2,(H,4,5);3H,2H2,1H3. The van der Waals surface area contributed by atoms with E-state index in [9.17, 15) is 14.4 Å². The maximum absolute atomic E-state index is 9.25. The Labute approximate surface area is 159 Å². The third-order valence-corrected chi connectivity index (χ3v) is 2.28. The van der Waals surface area contributed by atoms with Crippen molar-refractivity contribution in [3.05, 3.63) is 38.0 Å². The van der Waals surface area contributed by atoms with E-state index in [1.54, 1.807) is 6.92 Å². The van der Waals surface area contributed by atoms with Crippen LogP contribution in [0.1, 0.15) is 20.3 Å². The monoisotopic (exact) mass is 396 g/mol. The summed E-state index contributed by atoms with van der Waals surface area (Å²) in [6.07, 6.45) is 3.09. The highest BCUT2D eigenvalue weighted by Gasteiger charge is 2.24. The molecule has 0 aliphatic heterocycles. The molecule has 0 aromatic rings. The van der Waals surface area contributed by atoms with Gasteiger partial charge in [-0.25, -0.2) is 14.4 Å². The molecule has 0 aromatic heterocycles. The quantitative estimate of drug-likeness (QED) is 0.291. The highest BCUT2D eigenvalue weighted by atomic mass is 16.4. The molecule has 10 heteroatoms. The van der Waals surface area contributed by atoms with Gasteiger partial charge in [-0.3, -0.25) is 0 Å². The fraction of sp³-hybridized carbons (Fsp3) is 0.471. The zero-order valence-corrected chi connectivity index (χ0v) is 15.7. The molecule has 0 aromatic carbocycles. The molecule has 0 spiro atoms. The van der Waals surface area contributed by atoms with Gasteiger partial charge in [-0.05, 0) is 13.3 Å². The summed E-state index contributed by atoms with van der Waals surface area (Å²) in [6, 6.07) is 0. The van der Waals surface area contributed by atoms with E-state index in [1.807, 2.05) is 6.92 Å². The molecule has 0 rings (SSSR count). The third kappa shape index (κ3) is 45.2. The first-order chi connectivity index (χ1) is 12.5. The van der Waals surface area contributed by atoms with Gasteiger partial charge in [0.1, 0.15) is 0 Å². The van der Waals surface area contributed by atoms with Crippen LogP contribution in [0.25, 0.3) is 0 Å². The van der Waals surface area contributed by atoms with Gasteiger partial charge in [0.15, 0.2) is 0 Å². The van der Waals surface area contributed by atoms with Crippen LogP contribution < -0.4 is 0 Å². The maximum atomic E-state index is 9.25. The fourth-order valence-corrected chi connectivity index (χ4v) is 0.485. The van der Waals surface area contributed by atoms with Gasteiger partial charge in [0.25, 0.3) is 0 Å². The molecule has 0 unspecified atom stereocenters. The van der Waals surface area contributed by atoms with Gasteiger partial charge >= 0.3 is 17.9 Å².